The normalized spacial score (nSPS) is 10.3. The Bertz CT molecular complexity index is 689. The molecule has 0 saturated heterocycles. The first-order valence-electron chi connectivity index (χ1n) is 6.70. The van der Waals surface area contributed by atoms with Crippen LogP contribution in [0.2, 0.25) is 5.02 Å². The molecule has 0 atom stereocenters. The Morgan fingerprint density at radius 2 is 2.09 bits per heavy atom. The lowest BCUT2D eigenvalue weighted by atomic mass is 10.1. The summed E-state index contributed by atoms with van der Waals surface area (Å²) < 4.78 is 5.08. The van der Waals surface area contributed by atoms with Gasteiger partial charge < -0.3 is 20.9 Å². The van der Waals surface area contributed by atoms with Crippen LogP contribution in [0.15, 0.2) is 36.4 Å². The number of benzene rings is 2. The van der Waals surface area contributed by atoms with Crippen LogP contribution in [0.25, 0.3) is 0 Å². The van der Waals surface area contributed by atoms with Crippen LogP contribution in [0.5, 0.6) is 11.5 Å². The summed E-state index contributed by atoms with van der Waals surface area (Å²) in [5, 5.41) is 12.7. The number of nitrogens with one attached hydrogen (secondary N) is 1. The topological polar surface area (TPSA) is 84.6 Å². The van der Waals surface area contributed by atoms with E-state index in [9.17, 15) is 9.90 Å². The molecule has 0 unspecified atom stereocenters. The fourth-order valence-corrected chi connectivity index (χ4v) is 2.19. The molecule has 0 radical (unpaired) electrons. The monoisotopic (exact) mass is 320 g/mol. The predicted octanol–water partition coefficient (Wildman–Crippen LogP) is 3.21. The second-order valence-electron chi connectivity index (χ2n) is 4.79. The molecule has 0 aliphatic carbocycles. The van der Waals surface area contributed by atoms with Gasteiger partial charge in [0.2, 0.25) is 5.91 Å². The summed E-state index contributed by atoms with van der Waals surface area (Å²) in [6.45, 7) is 0. The van der Waals surface area contributed by atoms with Gasteiger partial charge in [-0.05, 0) is 42.3 Å². The molecule has 6 heteroatoms. The molecule has 0 saturated carbocycles. The number of aryl methyl sites for hydroxylation is 1. The number of phenols is 1. The molecule has 2 aromatic rings. The van der Waals surface area contributed by atoms with Crippen molar-refractivity contribution in [2.45, 2.75) is 12.8 Å². The van der Waals surface area contributed by atoms with Crippen molar-refractivity contribution in [3.8, 4) is 11.5 Å². The summed E-state index contributed by atoms with van der Waals surface area (Å²) in [4.78, 5) is 11.9. The van der Waals surface area contributed by atoms with Gasteiger partial charge in [0.15, 0.2) is 0 Å². The quantitative estimate of drug-likeness (QED) is 0.583. The number of carbonyl (C=O) groups is 1. The lowest BCUT2D eigenvalue weighted by Crippen LogP contribution is -2.12. The summed E-state index contributed by atoms with van der Waals surface area (Å²) in [5.41, 5.74) is 7.59. The Kier molecular flexibility index (Phi) is 5.12. The number of methoxy groups -OCH3 is 1. The molecule has 0 aliphatic rings. The van der Waals surface area contributed by atoms with Crippen LogP contribution in [0.1, 0.15) is 12.0 Å². The highest BCUT2D eigenvalue weighted by Crippen LogP contribution is 2.27. The van der Waals surface area contributed by atoms with Crippen LogP contribution in [0, 0.1) is 0 Å². The van der Waals surface area contributed by atoms with Crippen molar-refractivity contribution in [3.63, 3.8) is 0 Å². The Balaban J connectivity index is 1.95. The zero-order valence-electron chi connectivity index (χ0n) is 12.1. The maximum absolute atomic E-state index is 11.9. The highest BCUT2D eigenvalue weighted by atomic mass is 35.5. The Morgan fingerprint density at radius 3 is 2.77 bits per heavy atom. The average molecular weight is 321 g/mol. The molecule has 0 spiro atoms. The van der Waals surface area contributed by atoms with Crippen molar-refractivity contribution in [1.29, 1.82) is 0 Å². The van der Waals surface area contributed by atoms with Gasteiger partial charge in [0.05, 0.1) is 18.5 Å². The highest BCUT2D eigenvalue weighted by Gasteiger charge is 2.08. The van der Waals surface area contributed by atoms with E-state index in [1.165, 1.54) is 12.1 Å². The summed E-state index contributed by atoms with van der Waals surface area (Å²) in [6, 6.07) is 9.89. The zero-order valence-corrected chi connectivity index (χ0v) is 12.9. The average Bonchev–Trinajstić information content (AvgIpc) is 2.49. The summed E-state index contributed by atoms with van der Waals surface area (Å²) in [5.74, 6) is 0.371. The van der Waals surface area contributed by atoms with Gasteiger partial charge in [-0.2, -0.15) is 0 Å². The maximum atomic E-state index is 11.9. The third-order valence-electron chi connectivity index (χ3n) is 3.17. The van der Waals surface area contributed by atoms with Crippen LogP contribution < -0.4 is 15.8 Å². The maximum Gasteiger partial charge on any atom is 0.224 e. The SMILES string of the molecule is COc1ccc(CCC(=O)Nc2cc(Cl)ccc2O)cc1N. The third-order valence-corrected chi connectivity index (χ3v) is 3.40. The van der Waals surface area contributed by atoms with Gasteiger partial charge in [0, 0.05) is 11.4 Å². The molecular weight excluding hydrogens is 304 g/mol. The highest BCUT2D eigenvalue weighted by molar-refractivity contribution is 6.31. The van der Waals surface area contributed by atoms with E-state index in [1.807, 2.05) is 6.07 Å². The number of ether oxygens (including phenoxy) is 1. The van der Waals surface area contributed by atoms with Gasteiger partial charge in [0.1, 0.15) is 11.5 Å². The minimum atomic E-state index is -0.216. The predicted molar refractivity (Wildman–Crippen MR) is 87.5 cm³/mol. The molecule has 22 heavy (non-hydrogen) atoms. The summed E-state index contributed by atoms with van der Waals surface area (Å²) in [7, 11) is 1.55. The van der Waals surface area contributed by atoms with Crippen LogP contribution in [0.4, 0.5) is 11.4 Å². The van der Waals surface area contributed by atoms with Crippen molar-refractivity contribution in [3.05, 3.63) is 47.0 Å². The van der Waals surface area contributed by atoms with Crippen molar-refractivity contribution in [1.82, 2.24) is 0 Å². The van der Waals surface area contributed by atoms with Gasteiger partial charge in [-0.25, -0.2) is 0 Å². The number of hydrogen-bond acceptors (Lipinski definition) is 4. The smallest absolute Gasteiger partial charge is 0.224 e. The Labute approximate surface area is 133 Å². The lowest BCUT2D eigenvalue weighted by molar-refractivity contribution is -0.116. The van der Waals surface area contributed by atoms with E-state index in [4.69, 9.17) is 22.1 Å². The Morgan fingerprint density at radius 1 is 1.32 bits per heavy atom. The molecule has 0 aliphatic heterocycles. The fraction of sp³-hybridized carbons (Fsp3) is 0.188. The minimum absolute atomic E-state index is 0.0218. The number of rotatable bonds is 5. The first-order valence-corrected chi connectivity index (χ1v) is 7.08. The zero-order chi connectivity index (χ0) is 16.1. The van der Waals surface area contributed by atoms with E-state index in [0.717, 1.165) is 5.56 Å². The number of hydrogen-bond donors (Lipinski definition) is 3. The number of nitrogen functional groups attached to an aromatic ring is 1. The molecule has 2 rings (SSSR count). The minimum Gasteiger partial charge on any atom is -0.506 e. The molecule has 2 aromatic carbocycles. The van der Waals surface area contributed by atoms with Crippen molar-refractivity contribution in [2.75, 3.05) is 18.2 Å². The van der Waals surface area contributed by atoms with E-state index in [-0.39, 0.29) is 18.1 Å². The number of phenolic OH excluding ortho intramolecular Hbond substituents is 1. The number of carbonyl (C=O) groups excluding carboxylic acids is 1. The second-order valence-corrected chi connectivity index (χ2v) is 5.22. The molecule has 0 fully saturated rings. The fourth-order valence-electron chi connectivity index (χ4n) is 2.02. The largest absolute Gasteiger partial charge is 0.506 e. The van der Waals surface area contributed by atoms with Crippen LogP contribution in [0.3, 0.4) is 0 Å². The van der Waals surface area contributed by atoms with Crippen LogP contribution >= 0.6 is 11.6 Å². The van der Waals surface area contributed by atoms with Crippen molar-refractivity contribution in [2.24, 2.45) is 0 Å². The number of halogens is 1. The number of amides is 1. The second kappa shape index (κ2) is 7.04. The number of nitrogens with two attached hydrogens (primary N) is 1. The van der Waals surface area contributed by atoms with Crippen LogP contribution in [-0.2, 0) is 11.2 Å². The van der Waals surface area contributed by atoms with Gasteiger partial charge >= 0.3 is 0 Å². The third kappa shape index (κ3) is 4.05. The van der Waals surface area contributed by atoms with Gasteiger partial charge in [-0.1, -0.05) is 17.7 Å². The van der Waals surface area contributed by atoms with E-state index in [1.54, 1.807) is 25.3 Å². The number of aromatic hydroxyl groups is 1. The van der Waals surface area contributed by atoms with Gasteiger partial charge in [0.25, 0.3) is 0 Å². The molecular formula is C16H17ClN2O3. The van der Waals surface area contributed by atoms with Gasteiger partial charge in [-0.3, -0.25) is 4.79 Å². The summed E-state index contributed by atoms with van der Waals surface area (Å²) in [6.07, 6.45) is 0.791. The molecule has 4 N–H and O–H groups in total. The molecule has 1 amide bonds. The van der Waals surface area contributed by atoms with E-state index in [0.29, 0.717) is 28.6 Å². The summed E-state index contributed by atoms with van der Waals surface area (Å²) >= 11 is 5.83. The van der Waals surface area contributed by atoms with Crippen molar-refractivity contribution < 1.29 is 14.6 Å². The van der Waals surface area contributed by atoms with Crippen molar-refractivity contribution >= 4 is 28.9 Å². The Hall–Kier alpha value is -2.40. The van der Waals surface area contributed by atoms with Crippen LogP contribution in [-0.4, -0.2) is 18.1 Å². The van der Waals surface area contributed by atoms with E-state index >= 15 is 0 Å². The molecule has 0 heterocycles. The first-order chi connectivity index (χ1) is 10.5. The van der Waals surface area contributed by atoms with E-state index < -0.39 is 0 Å². The molecule has 0 aromatic heterocycles. The molecule has 0 bridgehead atoms. The molecule has 116 valence electrons. The number of anilines is 2. The first kappa shape index (κ1) is 16.0. The van der Waals surface area contributed by atoms with Gasteiger partial charge in [-0.15, -0.1) is 0 Å². The lowest BCUT2D eigenvalue weighted by Gasteiger charge is -2.09. The van der Waals surface area contributed by atoms with E-state index in [2.05, 4.69) is 5.32 Å². The molecule has 5 nitrogen and oxygen atoms in total. The standard InChI is InChI=1S/C16H17ClN2O3/c1-22-15-6-2-10(8-12(15)18)3-7-16(21)19-13-9-11(17)4-5-14(13)20/h2,4-6,8-9,20H,3,7,18H2,1H3,(H,19,21).